The average molecular weight is 891 g/mol. The van der Waals surface area contributed by atoms with E-state index in [0.29, 0.717) is 36.7 Å². The van der Waals surface area contributed by atoms with E-state index >= 15 is 0 Å². The molecular formula is C50H85NO10P+. The predicted octanol–water partition coefficient (Wildman–Crippen LogP) is 11.9. The maximum atomic E-state index is 12.7. The summed E-state index contributed by atoms with van der Waals surface area (Å²) >= 11 is 0. The summed E-state index contributed by atoms with van der Waals surface area (Å²) in [6.45, 7) is 8.39. The highest BCUT2D eigenvalue weighted by molar-refractivity contribution is 7.47. The molecule has 1 aromatic heterocycles. The maximum absolute atomic E-state index is 12.7. The molecule has 0 aliphatic carbocycles. The van der Waals surface area contributed by atoms with E-state index in [1.165, 1.54) is 55.4 Å². The van der Waals surface area contributed by atoms with Gasteiger partial charge in [-0.3, -0.25) is 18.6 Å². The Kier molecular flexibility index (Phi) is 32.5. The second kappa shape index (κ2) is 35.3. The van der Waals surface area contributed by atoms with Crippen LogP contribution in [0.25, 0.3) is 0 Å². The lowest BCUT2D eigenvalue weighted by molar-refractivity contribution is -0.870. The zero-order valence-electron chi connectivity index (χ0n) is 39.7. The summed E-state index contributed by atoms with van der Waals surface area (Å²) < 4.78 is 40.5. The smallest absolute Gasteiger partial charge is 0.466 e. The molecule has 0 saturated carbocycles. The van der Waals surface area contributed by atoms with Gasteiger partial charge in [-0.2, -0.15) is 0 Å². The normalized spacial score (nSPS) is 14.5. The number of ether oxygens (including phenoxy) is 2. The number of furan rings is 1. The number of carbonyl (C=O) groups excluding carboxylic acids is 2. The molecule has 2 N–H and O–H groups in total. The van der Waals surface area contributed by atoms with Crippen molar-refractivity contribution in [2.75, 3.05) is 47.5 Å². The molecule has 0 aliphatic rings. The number of phosphoric ester groups is 1. The minimum absolute atomic E-state index is 0.00396. The van der Waals surface area contributed by atoms with E-state index in [1.807, 2.05) is 70.6 Å². The van der Waals surface area contributed by atoms with Gasteiger partial charge >= 0.3 is 19.8 Å². The van der Waals surface area contributed by atoms with E-state index < -0.39 is 38.6 Å². The Morgan fingerprint density at radius 3 is 1.94 bits per heavy atom. The second-order valence-corrected chi connectivity index (χ2v) is 18.6. The number of aliphatic hydroxyl groups is 1. The average Bonchev–Trinajstić information content (AvgIpc) is 3.49. The molecule has 62 heavy (non-hydrogen) atoms. The molecule has 0 radical (unpaired) electrons. The molecule has 11 nitrogen and oxygen atoms in total. The maximum Gasteiger partial charge on any atom is 0.472 e. The van der Waals surface area contributed by atoms with Crippen LogP contribution in [0, 0.1) is 13.8 Å². The van der Waals surface area contributed by atoms with Crippen LogP contribution >= 0.6 is 7.82 Å². The monoisotopic (exact) mass is 891 g/mol. The van der Waals surface area contributed by atoms with Crippen molar-refractivity contribution in [1.82, 2.24) is 0 Å². The molecule has 2 unspecified atom stereocenters. The van der Waals surface area contributed by atoms with Crippen molar-refractivity contribution >= 4 is 19.8 Å². The largest absolute Gasteiger partial charge is 0.472 e. The van der Waals surface area contributed by atoms with Gasteiger partial charge in [-0.05, 0) is 82.8 Å². The Hall–Kier alpha value is -3.05. The number of phosphoric acid groups is 1. The first-order chi connectivity index (χ1) is 29.7. The SMILES string of the molecule is CC/C=C\C(O)C/C=C/C=C\C/C=C\C/C=C\CCCC(=O)O[C@H](COC(=O)CCCCCCCCCCc1oc(CCCCC)c(C)c1C)COP(=O)(O)OCC[N+](C)(C)C. The highest BCUT2D eigenvalue weighted by atomic mass is 31.2. The molecule has 3 atom stereocenters. The van der Waals surface area contributed by atoms with Crippen LogP contribution in [0.15, 0.2) is 65.2 Å². The first-order valence-corrected chi connectivity index (χ1v) is 25.0. The fourth-order valence-electron chi connectivity index (χ4n) is 6.37. The molecule has 1 rings (SSSR count). The summed E-state index contributed by atoms with van der Waals surface area (Å²) in [5.41, 5.74) is 2.65. The highest BCUT2D eigenvalue weighted by Gasteiger charge is 2.27. The standard InChI is InChI=1S/C50H84NO10P/c1-8-10-28-35-47-43(3)44(4)48(61-47)36-30-25-21-18-19-22-26-31-37-49(53)57-41-46(42-59-62(55,56)58-40-39-51(5,6)7)60-50(54)38-32-27-23-17-15-13-12-14-16-20-24-29-34-45(52)33-11-9-2/h11-13,16-17,20,23-24,29,33,45-46,52H,8-10,14-15,18-19,21-22,25-28,30-32,34-42H2,1-7H3/p+1/b13-12-,20-16-,23-17-,29-24+,33-11-/t45?,46-/m1/s1. The molecule has 0 fully saturated rings. The number of carbonyl (C=O) groups is 2. The Morgan fingerprint density at radius 2 is 1.29 bits per heavy atom. The van der Waals surface area contributed by atoms with Crippen molar-refractivity contribution in [2.24, 2.45) is 0 Å². The number of nitrogens with zero attached hydrogens (tertiary/aromatic N) is 1. The fourth-order valence-corrected chi connectivity index (χ4v) is 7.11. The first-order valence-electron chi connectivity index (χ1n) is 23.5. The Balaban J connectivity index is 2.39. The van der Waals surface area contributed by atoms with Crippen LogP contribution in [0.3, 0.4) is 0 Å². The number of quaternary nitrogens is 1. The van der Waals surface area contributed by atoms with Crippen LogP contribution in [0.2, 0.25) is 0 Å². The van der Waals surface area contributed by atoms with Crippen LogP contribution in [0.4, 0.5) is 0 Å². The minimum Gasteiger partial charge on any atom is -0.466 e. The minimum atomic E-state index is -4.42. The number of likely N-dealkylation sites (N-methyl/N-ethyl adjacent to an activating group) is 1. The molecule has 0 spiro atoms. The van der Waals surface area contributed by atoms with E-state index in [-0.39, 0.29) is 26.1 Å². The molecule has 1 aromatic rings. The van der Waals surface area contributed by atoms with Crippen LogP contribution in [0.1, 0.15) is 158 Å². The number of aliphatic hydroxyl groups excluding tert-OH is 1. The van der Waals surface area contributed by atoms with E-state index in [0.717, 1.165) is 63.5 Å². The predicted molar refractivity (Wildman–Crippen MR) is 252 cm³/mol. The molecule has 0 bridgehead atoms. The Morgan fingerprint density at radius 1 is 0.710 bits per heavy atom. The van der Waals surface area contributed by atoms with Crippen molar-refractivity contribution in [2.45, 2.75) is 175 Å². The lowest BCUT2D eigenvalue weighted by Crippen LogP contribution is -2.37. The van der Waals surface area contributed by atoms with Crippen LogP contribution in [0.5, 0.6) is 0 Å². The lowest BCUT2D eigenvalue weighted by atomic mass is 10.0. The zero-order chi connectivity index (χ0) is 45.9. The highest BCUT2D eigenvalue weighted by Crippen LogP contribution is 2.43. The Labute approximate surface area is 375 Å². The quantitative estimate of drug-likeness (QED) is 0.0165. The van der Waals surface area contributed by atoms with E-state index in [1.54, 1.807) is 0 Å². The third kappa shape index (κ3) is 31.7. The van der Waals surface area contributed by atoms with Gasteiger partial charge in [0.15, 0.2) is 6.10 Å². The molecule has 0 amide bonds. The van der Waals surface area contributed by atoms with E-state index in [2.05, 4.69) is 39.0 Å². The lowest BCUT2D eigenvalue weighted by Gasteiger charge is -2.24. The van der Waals surface area contributed by atoms with Crippen LogP contribution in [-0.2, 0) is 45.5 Å². The van der Waals surface area contributed by atoms with Gasteiger partial charge < -0.3 is 28.4 Å². The summed E-state index contributed by atoms with van der Waals surface area (Å²) in [5.74, 6) is 1.41. The van der Waals surface area contributed by atoms with Crippen molar-refractivity contribution in [1.29, 1.82) is 0 Å². The second-order valence-electron chi connectivity index (χ2n) is 17.2. The molecular weight excluding hydrogens is 806 g/mol. The van der Waals surface area contributed by atoms with Gasteiger partial charge in [-0.1, -0.05) is 126 Å². The van der Waals surface area contributed by atoms with Gasteiger partial charge in [0.05, 0.1) is 33.9 Å². The number of hydrogen-bond donors (Lipinski definition) is 2. The number of allylic oxidation sites excluding steroid dienone is 8. The summed E-state index contributed by atoms with van der Waals surface area (Å²) in [4.78, 5) is 35.5. The van der Waals surface area contributed by atoms with Gasteiger partial charge in [-0.15, -0.1) is 0 Å². The van der Waals surface area contributed by atoms with Crippen molar-refractivity contribution < 1.29 is 51.6 Å². The van der Waals surface area contributed by atoms with Crippen molar-refractivity contribution in [3.8, 4) is 0 Å². The Bertz CT molecular complexity index is 1540. The van der Waals surface area contributed by atoms with Gasteiger partial charge in [-0.25, -0.2) is 4.57 Å². The van der Waals surface area contributed by atoms with E-state index in [9.17, 15) is 24.2 Å². The van der Waals surface area contributed by atoms with Gasteiger partial charge in [0.1, 0.15) is 31.3 Å². The number of unbranched alkanes of at least 4 members (excludes halogenated alkanes) is 10. The first kappa shape index (κ1) is 57.0. The van der Waals surface area contributed by atoms with Gasteiger partial charge in [0, 0.05) is 25.7 Å². The van der Waals surface area contributed by atoms with Gasteiger partial charge in [0.2, 0.25) is 0 Å². The summed E-state index contributed by atoms with van der Waals surface area (Å²) in [6, 6.07) is 0. The van der Waals surface area contributed by atoms with Crippen molar-refractivity contribution in [3.05, 3.63) is 83.4 Å². The molecule has 1 heterocycles. The molecule has 0 saturated heterocycles. The number of aryl methyl sites for hydroxylation is 2. The topological polar surface area (TPSA) is 142 Å². The summed E-state index contributed by atoms with van der Waals surface area (Å²) in [6.07, 6.45) is 37.3. The summed E-state index contributed by atoms with van der Waals surface area (Å²) in [5, 5.41) is 9.79. The van der Waals surface area contributed by atoms with E-state index in [4.69, 9.17) is 22.9 Å². The summed E-state index contributed by atoms with van der Waals surface area (Å²) in [7, 11) is 1.38. The molecule has 0 aliphatic heterocycles. The molecule has 354 valence electrons. The van der Waals surface area contributed by atoms with Crippen LogP contribution < -0.4 is 0 Å². The third-order valence-electron chi connectivity index (χ3n) is 10.3. The van der Waals surface area contributed by atoms with Crippen LogP contribution in [-0.4, -0.2) is 86.1 Å². The number of rotatable bonds is 38. The van der Waals surface area contributed by atoms with Crippen molar-refractivity contribution in [3.63, 3.8) is 0 Å². The zero-order valence-corrected chi connectivity index (χ0v) is 40.6. The fraction of sp³-hybridized carbons (Fsp3) is 0.680. The molecule has 12 heteroatoms. The number of esters is 2. The van der Waals surface area contributed by atoms with Gasteiger partial charge in [0.25, 0.3) is 0 Å². The third-order valence-corrected chi connectivity index (χ3v) is 11.3. The number of hydrogen-bond acceptors (Lipinski definition) is 9. The molecule has 0 aromatic carbocycles.